The number of benzene rings is 1. The zero-order chi connectivity index (χ0) is 18.2. The highest BCUT2D eigenvalue weighted by Crippen LogP contribution is 2.34. The predicted molar refractivity (Wildman–Crippen MR) is 104 cm³/mol. The van der Waals surface area contributed by atoms with Gasteiger partial charge in [0.1, 0.15) is 11.4 Å². The molecule has 26 heavy (non-hydrogen) atoms. The van der Waals surface area contributed by atoms with Crippen molar-refractivity contribution in [3.05, 3.63) is 24.3 Å². The van der Waals surface area contributed by atoms with Crippen molar-refractivity contribution in [1.82, 2.24) is 4.90 Å². The highest BCUT2D eigenvalue weighted by atomic mass is 16.5. The van der Waals surface area contributed by atoms with Crippen LogP contribution >= 0.6 is 0 Å². The van der Waals surface area contributed by atoms with Crippen LogP contribution in [0.15, 0.2) is 24.3 Å². The van der Waals surface area contributed by atoms with Gasteiger partial charge in [0, 0.05) is 18.8 Å². The SMILES string of the molecule is CCOC1(C(=O)Nc2ccc(OCCCN3CCCC3)cc2)CCCC1. The molecule has 1 saturated carbocycles. The van der Waals surface area contributed by atoms with Gasteiger partial charge in [-0.15, -0.1) is 0 Å². The number of ether oxygens (including phenoxy) is 2. The summed E-state index contributed by atoms with van der Waals surface area (Å²) >= 11 is 0. The normalized spacial score (nSPS) is 19.6. The van der Waals surface area contributed by atoms with E-state index >= 15 is 0 Å². The topological polar surface area (TPSA) is 50.8 Å². The van der Waals surface area contributed by atoms with Crippen LogP contribution in [0.25, 0.3) is 0 Å². The maximum atomic E-state index is 12.7. The molecule has 0 atom stereocenters. The van der Waals surface area contributed by atoms with Crippen LogP contribution in [0.3, 0.4) is 0 Å². The number of anilines is 1. The van der Waals surface area contributed by atoms with Crippen molar-refractivity contribution in [2.24, 2.45) is 0 Å². The summed E-state index contributed by atoms with van der Waals surface area (Å²) in [4.78, 5) is 15.2. The Morgan fingerprint density at radius 3 is 2.46 bits per heavy atom. The van der Waals surface area contributed by atoms with Crippen LogP contribution in [0.4, 0.5) is 5.69 Å². The van der Waals surface area contributed by atoms with Crippen LogP contribution < -0.4 is 10.1 Å². The molecule has 5 heteroatoms. The first kappa shape index (κ1) is 19.2. The number of nitrogens with zero attached hydrogens (tertiary/aromatic N) is 1. The van der Waals surface area contributed by atoms with Gasteiger partial charge in [-0.25, -0.2) is 0 Å². The standard InChI is InChI=1S/C21H32N2O3/c1-2-26-21(12-3-4-13-21)20(24)22-18-8-10-19(11-9-18)25-17-7-16-23-14-5-6-15-23/h8-11H,2-7,12-17H2,1H3,(H,22,24). The molecule has 1 aliphatic carbocycles. The molecule has 1 N–H and O–H groups in total. The van der Waals surface area contributed by atoms with Gasteiger partial charge in [-0.3, -0.25) is 4.79 Å². The van der Waals surface area contributed by atoms with Crippen molar-refractivity contribution in [3.63, 3.8) is 0 Å². The molecule has 1 aromatic rings. The van der Waals surface area contributed by atoms with Crippen molar-refractivity contribution in [1.29, 1.82) is 0 Å². The summed E-state index contributed by atoms with van der Waals surface area (Å²) < 4.78 is 11.6. The molecule has 0 spiro atoms. The molecule has 1 saturated heterocycles. The van der Waals surface area contributed by atoms with Gasteiger partial charge in [-0.2, -0.15) is 0 Å². The molecule has 0 bridgehead atoms. The average molecular weight is 360 g/mol. The van der Waals surface area contributed by atoms with E-state index in [1.807, 2.05) is 31.2 Å². The zero-order valence-electron chi connectivity index (χ0n) is 16.0. The number of carbonyl (C=O) groups is 1. The summed E-state index contributed by atoms with van der Waals surface area (Å²) in [5, 5.41) is 3.01. The second kappa shape index (κ2) is 9.38. The third kappa shape index (κ3) is 4.98. The van der Waals surface area contributed by atoms with Crippen molar-refractivity contribution >= 4 is 11.6 Å². The third-order valence-electron chi connectivity index (χ3n) is 5.44. The number of rotatable bonds is 9. The molecule has 0 radical (unpaired) electrons. The Bertz CT molecular complexity index is 561. The van der Waals surface area contributed by atoms with Crippen molar-refractivity contribution in [2.45, 2.75) is 57.5 Å². The van der Waals surface area contributed by atoms with Crippen LogP contribution in [0.5, 0.6) is 5.75 Å². The van der Waals surface area contributed by atoms with Crippen molar-refractivity contribution in [2.75, 3.05) is 38.2 Å². The maximum absolute atomic E-state index is 12.7. The number of carbonyl (C=O) groups excluding carboxylic acids is 1. The number of likely N-dealkylation sites (tertiary alicyclic amines) is 1. The van der Waals surface area contributed by atoms with E-state index in [2.05, 4.69) is 10.2 Å². The summed E-state index contributed by atoms with van der Waals surface area (Å²) in [6.45, 7) is 6.83. The number of hydrogen-bond donors (Lipinski definition) is 1. The van der Waals surface area contributed by atoms with Crippen LogP contribution in [-0.2, 0) is 9.53 Å². The largest absolute Gasteiger partial charge is 0.494 e. The summed E-state index contributed by atoms with van der Waals surface area (Å²) in [5.41, 5.74) is 0.157. The van der Waals surface area contributed by atoms with E-state index in [9.17, 15) is 4.79 Å². The smallest absolute Gasteiger partial charge is 0.256 e. The lowest BCUT2D eigenvalue weighted by molar-refractivity contribution is -0.140. The summed E-state index contributed by atoms with van der Waals surface area (Å²) in [6.07, 6.45) is 7.44. The number of nitrogens with one attached hydrogen (secondary N) is 1. The first-order chi connectivity index (χ1) is 12.7. The Morgan fingerprint density at radius 2 is 1.81 bits per heavy atom. The van der Waals surface area contributed by atoms with E-state index < -0.39 is 5.60 Å². The van der Waals surface area contributed by atoms with E-state index in [0.717, 1.165) is 56.7 Å². The molecule has 1 aliphatic heterocycles. The maximum Gasteiger partial charge on any atom is 0.256 e. The first-order valence-electron chi connectivity index (χ1n) is 10.1. The van der Waals surface area contributed by atoms with E-state index in [0.29, 0.717) is 6.61 Å². The molecule has 144 valence electrons. The molecular weight excluding hydrogens is 328 g/mol. The fraction of sp³-hybridized carbons (Fsp3) is 0.667. The van der Waals surface area contributed by atoms with Gasteiger partial charge >= 0.3 is 0 Å². The van der Waals surface area contributed by atoms with Crippen LogP contribution in [0.2, 0.25) is 0 Å². The quantitative estimate of drug-likeness (QED) is 0.680. The molecule has 1 heterocycles. The number of amides is 1. The molecule has 2 fully saturated rings. The lowest BCUT2D eigenvalue weighted by atomic mass is 10.0. The van der Waals surface area contributed by atoms with Gasteiger partial charge in [-0.05, 0) is 89.2 Å². The zero-order valence-corrected chi connectivity index (χ0v) is 16.0. The van der Waals surface area contributed by atoms with E-state index in [1.165, 1.54) is 25.9 Å². The Hall–Kier alpha value is -1.59. The molecule has 1 amide bonds. The Morgan fingerprint density at radius 1 is 1.12 bits per heavy atom. The lowest BCUT2D eigenvalue weighted by Gasteiger charge is -2.27. The lowest BCUT2D eigenvalue weighted by Crippen LogP contribution is -2.43. The van der Waals surface area contributed by atoms with Gasteiger partial charge in [0.05, 0.1) is 6.61 Å². The van der Waals surface area contributed by atoms with Gasteiger partial charge in [0.2, 0.25) is 0 Å². The fourth-order valence-electron chi connectivity index (χ4n) is 4.02. The molecule has 0 aromatic heterocycles. The Balaban J connectivity index is 1.44. The Labute approximate surface area is 157 Å². The van der Waals surface area contributed by atoms with Crippen molar-refractivity contribution < 1.29 is 14.3 Å². The summed E-state index contributed by atoms with van der Waals surface area (Å²) in [7, 11) is 0. The molecule has 5 nitrogen and oxygen atoms in total. The predicted octanol–water partition coefficient (Wildman–Crippen LogP) is 3.84. The van der Waals surface area contributed by atoms with Crippen molar-refractivity contribution in [3.8, 4) is 5.75 Å². The fourth-order valence-corrected chi connectivity index (χ4v) is 4.02. The molecule has 3 rings (SSSR count). The molecule has 0 unspecified atom stereocenters. The summed E-state index contributed by atoms with van der Waals surface area (Å²) in [5.74, 6) is 0.834. The van der Waals surface area contributed by atoms with E-state index in [4.69, 9.17) is 9.47 Å². The minimum Gasteiger partial charge on any atom is -0.494 e. The molecular formula is C21H32N2O3. The average Bonchev–Trinajstić information content (AvgIpc) is 3.33. The highest BCUT2D eigenvalue weighted by Gasteiger charge is 2.41. The van der Waals surface area contributed by atoms with Gasteiger partial charge in [0.15, 0.2) is 0 Å². The first-order valence-corrected chi connectivity index (χ1v) is 10.1. The van der Waals surface area contributed by atoms with Gasteiger partial charge in [0.25, 0.3) is 5.91 Å². The monoisotopic (exact) mass is 360 g/mol. The minimum atomic E-state index is -0.639. The van der Waals surface area contributed by atoms with E-state index in [-0.39, 0.29) is 5.91 Å². The van der Waals surface area contributed by atoms with Crippen LogP contribution in [-0.4, -0.2) is 49.3 Å². The second-order valence-corrected chi connectivity index (χ2v) is 7.36. The Kier molecular flexibility index (Phi) is 6.92. The number of hydrogen-bond acceptors (Lipinski definition) is 4. The van der Waals surface area contributed by atoms with Gasteiger partial charge in [-0.1, -0.05) is 0 Å². The van der Waals surface area contributed by atoms with Gasteiger partial charge < -0.3 is 19.7 Å². The summed E-state index contributed by atoms with van der Waals surface area (Å²) in [6, 6.07) is 7.66. The van der Waals surface area contributed by atoms with Crippen LogP contribution in [0.1, 0.15) is 51.9 Å². The highest BCUT2D eigenvalue weighted by molar-refractivity contribution is 5.97. The minimum absolute atomic E-state index is 0.0175. The molecule has 2 aliphatic rings. The van der Waals surface area contributed by atoms with Crippen LogP contribution in [0, 0.1) is 0 Å². The second-order valence-electron chi connectivity index (χ2n) is 7.36. The molecule has 1 aromatic carbocycles. The third-order valence-corrected chi connectivity index (χ3v) is 5.44. The van der Waals surface area contributed by atoms with E-state index in [1.54, 1.807) is 0 Å².